The molecule has 1 aliphatic carbocycles. The van der Waals surface area contributed by atoms with Gasteiger partial charge in [-0.3, -0.25) is 24.1 Å². The van der Waals surface area contributed by atoms with Crippen LogP contribution in [0.2, 0.25) is 0 Å². The van der Waals surface area contributed by atoms with Gasteiger partial charge in [-0.05, 0) is 91.7 Å². The Balaban J connectivity index is 1.37. The van der Waals surface area contributed by atoms with E-state index in [0.29, 0.717) is 37.1 Å². The number of nitrogens with zero attached hydrogens (tertiary/aromatic N) is 2. The van der Waals surface area contributed by atoms with Crippen LogP contribution in [-0.4, -0.2) is 64.3 Å². The summed E-state index contributed by atoms with van der Waals surface area (Å²) in [5.74, 6) is -1.77. The summed E-state index contributed by atoms with van der Waals surface area (Å²) < 4.78 is 12.2. The smallest absolute Gasteiger partial charge is 0.330 e. The Morgan fingerprint density at radius 3 is 2.00 bits per heavy atom. The van der Waals surface area contributed by atoms with Gasteiger partial charge in [0.25, 0.3) is 17.7 Å². The van der Waals surface area contributed by atoms with Gasteiger partial charge in [0.1, 0.15) is 5.75 Å². The van der Waals surface area contributed by atoms with E-state index < -0.39 is 47.4 Å². The maximum Gasteiger partial charge on any atom is 0.330 e. The number of amides is 5. The third kappa shape index (κ3) is 9.25. The van der Waals surface area contributed by atoms with E-state index in [1.165, 1.54) is 10.5 Å². The molecule has 5 amide bonds. The molecule has 11 heteroatoms. The maximum absolute atomic E-state index is 14.2. The zero-order valence-corrected chi connectivity index (χ0v) is 35.1. The van der Waals surface area contributed by atoms with Crippen LogP contribution in [0.5, 0.6) is 5.75 Å². The third-order valence-corrected chi connectivity index (χ3v) is 12.1. The molecule has 0 radical (unpaired) electrons. The predicted molar refractivity (Wildman–Crippen MR) is 222 cm³/mol. The molecule has 0 aromatic heterocycles. The molecule has 11 nitrogen and oxygen atoms in total. The van der Waals surface area contributed by atoms with Crippen molar-refractivity contribution >= 4 is 40.9 Å². The highest BCUT2D eigenvalue weighted by Crippen LogP contribution is 2.51. The Kier molecular flexibility index (Phi) is 13.3. The van der Waals surface area contributed by atoms with Gasteiger partial charge in [0.2, 0.25) is 6.23 Å². The van der Waals surface area contributed by atoms with E-state index in [4.69, 9.17) is 9.47 Å². The standard InChI is InChI=1S/C46H60N4O7/c1-10-35(57-36-24-23-31(44(6,7)11-2)27-34(36)45(8,9)12-3)39(52)47-32-21-18-22-33(28-32)48-40(53)37(38(51)46(13-4)25-26-46)50-41(54)42(56-14-5)49(43(50)55)29-30-19-16-15-17-20-30/h15-24,27-28,35,37,42H,10-14,25-26,29H2,1-9H3,(H,47,52)(H,48,53). The first-order chi connectivity index (χ1) is 27.1. The Morgan fingerprint density at radius 1 is 0.807 bits per heavy atom. The Labute approximate surface area is 337 Å². The summed E-state index contributed by atoms with van der Waals surface area (Å²) in [6, 6.07) is 19.5. The minimum atomic E-state index is -1.72. The number of hydrogen-bond acceptors (Lipinski definition) is 7. The molecule has 1 heterocycles. The Hall–Kier alpha value is -5.03. The van der Waals surface area contributed by atoms with Crippen molar-refractivity contribution in [1.29, 1.82) is 0 Å². The summed E-state index contributed by atoms with van der Waals surface area (Å²) >= 11 is 0. The molecule has 1 saturated heterocycles. The maximum atomic E-state index is 14.2. The second-order valence-electron chi connectivity index (χ2n) is 16.6. The number of anilines is 2. The number of Topliss-reactive ketones (excluding diaryl/α,β-unsaturated/α-hetero) is 1. The molecule has 3 atom stereocenters. The second kappa shape index (κ2) is 17.6. The Bertz CT molecular complexity index is 1950. The van der Waals surface area contributed by atoms with Gasteiger partial charge in [-0.25, -0.2) is 9.69 Å². The number of carbonyl (C=O) groups is 5. The SMILES string of the molecule is CCOC1C(=O)N(C(C(=O)Nc2cccc(NC(=O)C(CC)Oc3ccc(C(C)(C)CC)cc3C(C)(C)CC)c2)C(=O)C2(CC)CC2)C(=O)N1Cc1ccccc1. The van der Waals surface area contributed by atoms with Crippen molar-refractivity contribution in [2.75, 3.05) is 17.2 Å². The highest BCUT2D eigenvalue weighted by Gasteiger charge is 2.59. The first kappa shape index (κ1) is 43.1. The summed E-state index contributed by atoms with van der Waals surface area (Å²) in [5, 5.41) is 5.71. The van der Waals surface area contributed by atoms with Crippen LogP contribution in [0.15, 0.2) is 72.8 Å². The van der Waals surface area contributed by atoms with Crippen molar-refractivity contribution in [2.45, 2.75) is 137 Å². The number of urea groups is 1. The van der Waals surface area contributed by atoms with Crippen LogP contribution in [0.1, 0.15) is 118 Å². The summed E-state index contributed by atoms with van der Waals surface area (Å²) in [6.45, 7) is 18.8. The van der Waals surface area contributed by atoms with Crippen molar-refractivity contribution in [1.82, 2.24) is 9.80 Å². The van der Waals surface area contributed by atoms with Gasteiger partial charge in [-0.15, -0.1) is 0 Å². The van der Waals surface area contributed by atoms with Gasteiger partial charge in [0.15, 0.2) is 17.9 Å². The fraction of sp³-hybridized carbons (Fsp3) is 0.500. The minimum Gasteiger partial charge on any atom is -0.480 e. The average Bonchev–Trinajstić information content (AvgIpc) is 3.97. The molecule has 1 saturated carbocycles. The lowest BCUT2D eigenvalue weighted by Crippen LogP contribution is -2.54. The number of ether oxygens (including phenoxy) is 2. The van der Waals surface area contributed by atoms with E-state index in [1.807, 2.05) is 50.2 Å². The van der Waals surface area contributed by atoms with Crippen molar-refractivity contribution in [3.63, 3.8) is 0 Å². The van der Waals surface area contributed by atoms with Crippen LogP contribution in [0.4, 0.5) is 16.2 Å². The molecule has 0 spiro atoms. The monoisotopic (exact) mass is 780 g/mol. The van der Waals surface area contributed by atoms with E-state index in [0.717, 1.165) is 28.9 Å². The predicted octanol–water partition coefficient (Wildman–Crippen LogP) is 8.75. The topological polar surface area (TPSA) is 134 Å². The van der Waals surface area contributed by atoms with Crippen molar-refractivity contribution < 1.29 is 33.4 Å². The van der Waals surface area contributed by atoms with Gasteiger partial charge in [0.05, 0.1) is 6.54 Å². The zero-order chi connectivity index (χ0) is 41.7. The number of rotatable bonds is 19. The van der Waals surface area contributed by atoms with Crippen molar-refractivity contribution in [2.24, 2.45) is 5.41 Å². The molecule has 57 heavy (non-hydrogen) atoms. The second-order valence-corrected chi connectivity index (χ2v) is 16.6. The van der Waals surface area contributed by atoms with Gasteiger partial charge < -0.3 is 20.1 Å². The first-order valence-electron chi connectivity index (χ1n) is 20.4. The van der Waals surface area contributed by atoms with Crippen LogP contribution in [0.25, 0.3) is 0 Å². The lowest BCUT2D eigenvalue weighted by molar-refractivity contribution is -0.149. The normalized spacial score (nSPS) is 17.6. The number of carbonyl (C=O) groups excluding carboxylic acids is 5. The van der Waals surface area contributed by atoms with Crippen LogP contribution < -0.4 is 15.4 Å². The highest BCUT2D eigenvalue weighted by molar-refractivity contribution is 6.19. The fourth-order valence-electron chi connectivity index (χ4n) is 7.20. The van der Waals surface area contributed by atoms with Gasteiger partial charge in [-0.1, -0.05) is 104 Å². The third-order valence-electron chi connectivity index (χ3n) is 12.1. The average molecular weight is 781 g/mol. The van der Waals surface area contributed by atoms with Gasteiger partial charge in [-0.2, -0.15) is 0 Å². The zero-order valence-electron chi connectivity index (χ0n) is 35.1. The summed E-state index contributed by atoms with van der Waals surface area (Å²) in [4.78, 5) is 72.3. The number of imide groups is 1. The van der Waals surface area contributed by atoms with E-state index in [9.17, 15) is 24.0 Å². The molecule has 3 aromatic rings. The number of nitrogens with one attached hydrogen (secondary N) is 2. The summed E-state index contributed by atoms with van der Waals surface area (Å²) in [5.41, 5.74) is 2.67. The highest BCUT2D eigenvalue weighted by atomic mass is 16.5. The molecule has 1 aliphatic heterocycles. The molecule has 2 fully saturated rings. The summed E-state index contributed by atoms with van der Waals surface area (Å²) in [6.07, 6.45) is 1.75. The van der Waals surface area contributed by atoms with Crippen LogP contribution >= 0.6 is 0 Å². The molecule has 2 aliphatic rings. The molecule has 306 valence electrons. The van der Waals surface area contributed by atoms with Crippen molar-refractivity contribution in [3.8, 4) is 5.75 Å². The fourth-order valence-corrected chi connectivity index (χ4v) is 7.20. The molecule has 3 unspecified atom stereocenters. The lowest BCUT2D eigenvalue weighted by atomic mass is 9.76. The van der Waals surface area contributed by atoms with Gasteiger partial charge >= 0.3 is 6.03 Å². The molecule has 5 rings (SSSR count). The minimum absolute atomic E-state index is 0.0180. The van der Waals surface area contributed by atoms with Crippen LogP contribution in [0, 0.1) is 5.41 Å². The van der Waals surface area contributed by atoms with E-state index >= 15 is 0 Å². The van der Waals surface area contributed by atoms with Gasteiger partial charge in [0, 0.05) is 29.0 Å². The number of ketones is 1. The lowest BCUT2D eigenvalue weighted by Gasteiger charge is -2.31. The largest absolute Gasteiger partial charge is 0.480 e. The van der Waals surface area contributed by atoms with Crippen molar-refractivity contribution in [3.05, 3.63) is 89.5 Å². The molecular formula is C46H60N4O7. The molecule has 3 aromatic carbocycles. The summed E-state index contributed by atoms with van der Waals surface area (Å²) in [7, 11) is 0. The number of hydrogen-bond donors (Lipinski definition) is 2. The van der Waals surface area contributed by atoms with Crippen LogP contribution in [-0.2, 0) is 41.3 Å². The van der Waals surface area contributed by atoms with Crippen LogP contribution in [0.3, 0.4) is 0 Å². The molecule has 0 bridgehead atoms. The van der Waals surface area contributed by atoms with E-state index in [1.54, 1.807) is 31.2 Å². The Morgan fingerprint density at radius 2 is 1.44 bits per heavy atom. The number of benzene rings is 3. The van der Waals surface area contributed by atoms with E-state index in [-0.39, 0.29) is 35.6 Å². The first-order valence-corrected chi connectivity index (χ1v) is 20.4. The molecule has 2 N–H and O–H groups in total. The quantitative estimate of drug-likeness (QED) is 0.0918. The molecular weight excluding hydrogens is 721 g/mol. The van der Waals surface area contributed by atoms with E-state index in [2.05, 4.69) is 64.3 Å².